The minimum atomic E-state index is -0.679. The number of aliphatic hydroxyl groups is 1. The van der Waals surface area contributed by atoms with Crippen molar-refractivity contribution in [1.82, 2.24) is 10.2 Å². The molecule has 0 unspecified atom stereocenters. The number of hydrogen-bond donors (Lipinski definition) is 1. The van der Waals surface area contributed by atoms with Crippen molar-refractivity contribution >= 4 is 22.4 Å². The average Bonchev–Trinajstić information content (AvgIpc) is 2.85. The monoisotopic (exact) mass is 240 g/mol. The Morgan fingerprint density at radius 3 is 2.88 bits per heavy atom. The normalized spacial score (nSPS) is 16.2. The quantitative estimate of drug-likeness (QED) is 0.638. The highest BCUT2D eigenvalue weighted by Gasteiger charge is 2.24. The molecule has 1 aromatic heterocycles. The summed E-state index contributed by atoms with van der Waals surface area (Å²) in [5, 5.41) is 25.3. The molecule has 1 N–H and O–H groups in total. The van der Waals surface area contributed by atoms with E-state index in [1.165, 1.54) is 11.3 Å². The van der Waals surface area contributed by atoms with Crippen LogP contribution in [0, 0.1) is 0 Å². The lowest BCUT2D eigenvalue weighted by Crippen LogP contribution is -1.96. The van der Waals surface area contributed by atoms with Crippen LogP contribution in [0.3, 0.4) is 0 Å². The molecule has 7 nitrogen and oxygen atoms in total. The van der Waals surface area contributed by atoms with Crippen molar-refractivity contribution in [3.63, 3.8) is 0 Å². The summed E-state index contributed by atoms with van der Waals surface area (Å²) < 4.78 is 4.54. The number of carbonyl (C=O) groups is 1. The lowest BCUT2D eigenvalue weighted by Gasteiger charge is -1.86. The first-order chi connectivity index (χ1) is 7.70. The minimum absolute atomic E-state index is 0.149. The molecule has 8 heteroatoms. The molecule has 0 bridgehead atoms. The zero-order valence-electron chi connectivity index (χ0n) is 8.38. The number of azo groups is 1. The highest BCUT2D eigenvalue weighted by molar-refractivity contribution is 7.14. The van der Waals surface area contributed by atoms with E-state index in [2.05, 4.69) is 25.2 Å². The van der Waals surface area contributed by atoms with E-state index >= 15 is 0 Å². The first kappa shape index (κ1) is 10.7. The third kappa shape index (κ3) is 2.06. The van der Waals surface area contributed by atoms with E-state index in [9.17, 15) is 9.90 Å². The number of carbonyl (C=O) groups excluding carboxylic acids is 1. The van der Waals surface area contributed by atoms with Crippen LogP contribution in [0.2, 0.25) is 0 Å². The standard InChI is InChI=1S/C8H8N4O3S/c1-2-5-9-11-8(16-5)12-10-6-4(13)3-15-7(6)14/h13H,2-3H2,1H3. The second-order valence-electron chi connectivity index (χ2n) is 2.90. The van der Waals surface area contributed by atoms with Gasteiger partial charge in [0, 0.05) is 0 Å². The SMILES string of the molecule is CCc1nnc(N=NC2=C(O)COC2=O)s1. The van der Waals surface area contributed by atoms with Gasteiger partial charge in [-0.05, 0) is 6.42 Å². The molecule has 0 amide bonds. The summed E-state index contributed by atoms with van der Waals surface area (Å²) in [6.07, 6.45) is 0.767. The van der Waals surface area contributed by atoms with Crippen LogP contribution in [-0.2, 0) is 16.0 Å². The Balaban J connectivity index is 2.15. The van der Waals surface area contributed by atoms with E-state index in [0.717, 1.165) is 11.4 Å². The summed E-state index contributed by atoms with van der Waals surface area (Å²) >= 11 is 1.28. The van der Waals surface area contributed by atoms with E-state index in [4.69, 9.17) is 0 Å². The van der Waals surface area contributed by atoms with E-state index < -0.39 is 5.97 Å². The van der Waals surface area contributed by atoms with Gasteiger partial charge >= 0.3 is 5.97 Å². The van der Waals surface area contributed by atoms with Gasteiger partial charge in [-0.15, -0.1) is 20.4 Å². The maximum atomic E-state index is 11.0. The van der Waals surface area contributed by atoms with Gasteiger partial charge in [-0.2, -0.15) is 0 Å². The largest absolute Gasteiger partial charge is 0.506 e. The fourth-order valence-corrected chi connectivity index (χ4v) is 1.61. The summed E-state index contributed by atoms with van der Waals surface area (Å²) in [4.78, 5) is 11.0. The molecule has 1 aliphatic rings. The van der Waals surface area contributed by atoms with Crippen molar-refractivity contribution in [2.24, 2.45) is 10.2 Å². The average molecular weight is 240 g/mol. The molecular weight excluding hydrogens is 232 g/mol. The van der Waals surface area contributed by atoms with Gasteiger partial charge in [0.1, 0.15) is 5.01 Å². The number of nitrogens with zero attached hydrogens (tertiary/aromatic N) is 4. The number of ether oxygens (including phenoxy) is 1. The summed E-state index contributed by atoms with van der Waals surface area (Å²) in [7, 11) is 0. The lowest BCUT2D eigenvalue weighted by atomic mass is 10.4. The van der Waals surface area contributed by atoms with Crippen molar-refractivity contribution in [2.75, 3.05) is 6.61 Å². The van der Waals surface area contributed by atoms with E-state index in [-0.39, 0.29) is 18.1 Å². The van der Waals surface area contributed by atoms with Crippen molar-refractivity contribution in [2.45, 2.75) is 13.3 Å². The summed E-state index contributed by atoms with van der Waals surface area (Å²) in [6.45, 7) is 1.80. The Hall–Kier alpha value is -1.83. The fourth-order valence-electron chi connectivity index (χ4n) is 1.01. The van der Waals surface area contributed by atoms with Gasteiger partial charge in [-0.25, -0.2) is 4.79 Å². The number of aliphatic hydroxyl groups excluding tert-OH is 1. The smallest absolute Gasteiger partial charge is 0.362 e. The predicted octanol–water partition coefficient (Wildman–Crippen LogP) is 1.51. The molecule has 0 fully saturated rings. The van der Waals surface area contributed by atoms with Crippen LogP contribution in [0.5, 0.6) is 0 Å². The Morgan fingerprint density at radius 1 is 1.50 bits per heavy atom. The first-order valence-corrected chi connectivity index (χ1v) is 5.35. The number of esters is 1. The van der Waals surface area contributed by atoms with Crippen LogP contribution in [0.25, 0.3) is 0 Å². The number of hydrogen-bond acceptors (Lipinski definition) is 8. The van der Waals surface area contributed by atoms with Crippen molar-refractivity contribution in [1.29, 1.82) is 0 Å². The number of aryl methyl sites for hydroxylation is 1. The molecule has 0 radical (unpaired) electrons. The minimum Gasteiger partial charge on any atom is -0.506 e. The van der Waals surface area contributed by atoms with Gasteiger partial charge in [0.2, 0.25) is 5.70 Å². The van der Waals surface area contributed by atoms with Gasteiger partial charge in [-0.3, -0.25) is 0 Å². The summed E-state index contributed by atoms with van der Waals surface area (Å²) in [5.41, 5.74) is -0.173. The fraction of sp³-hybridized carbons (Fsp3) is 0.375. The molecule has 0 saturated heterocycles. The zero-order valence-corrected chi connectivity index (χ0v) is 9.19. The number of cyclic esters (lactones) is 1. The predicted molar refractivity (Wildman–Crippen MR) is 54.4 cm³/mol. The highest BCUT2D eigenvalue weighted by atomic mass is 32.1. The van der Waals surface area contributed by atoms with E-state index in [1.807, 2.05) is 6.92 Å². The van der Waals surface area contributed by atoms with Gasteiger partial charge in [0.05, 0.1) is 0 Å². The topological polar surface area (TPSA) is 97.0 Å². The Kier molecular flexibility index (Phi) is 2.91. The molecule has 2 rings (SSSR count). The second kappa shape index (κ2) is 4.35. The zero-order chi connectivity index (χ0) is 11.5. The van der Waals surface area contributed by atoms with Crippen LogP contribution in [-0.4, -0.2) is 27.9 Å². The van der Waals surface area contributed by atoms with Crippen LogP contribution in [0.4, 0.5) is 5.13 Å². The van der Waals surface area contributed by atoms with Crippen molar-refractivity contribution in [3.05, 3.63) is 16.5 Å². The van der Waals surface area contributed by atoms with Gasteiger partial charge < -0.3 is 9.84 Å². The van der Waals surface area contributed by atoms with Crippen LogP contribution in [0.15, 0.2) is 21.7 Å². The Bertz CT molecular complexity index is 479. The molecule has 0 atom stereocenters. The summed E-state index contributed by atoms with van der Waals surface area (Å²) in [5.74, 6) is -0.893. The Labute approximate surface area is 94.5 Å². The summed E-state index contributed by atoms with van der Waals surface area (Å²) in [6, 6.07) is 0. The van der Waals surface area contributed by atoms with Gasteiger partial charge in [0.15, 0.2) is 12.4 Å². The van der Waals surface area contributed by atoms with Crippen LogP contribution in [0.1, 0.15) is 11.9 Å². The molecular formula is C8H8N4O3S. The Morgan fingerprint density at radius 2 is 2.31 bits per heavy atom. The number of aromatic nitrogens is 2. The third-order valence-electron chi connectivity index (χ3n) is 1.80. The molecule has 0 aliphatic carbocycles. The molecule has 1 aromatic rings. The lowest BCUT2D eigenvalue weighted by molar-refractivity contribution is -0.136. The molecule has 1 aliphatic heterocycles. The second-order valence-corrected chi connectivity index (χ2v) is 3.94. The molecule has 16 heavy (non-hydrogen) atoms. The molecule has 0 spiro atoms. The van der Waals surface area contributed by atoms with Gasteiger partial charge in [0.25, 0.3) is 5.13 Å². The maximum Gasteiger partial charge on any atom is 0.362 e. The molecule has 2 heterocycles. The van der Waals surface area contributed by atoms with E-state index in [1.54, 1.807) is 0 Å². The van der Waals surface area contributed by atoms with Crippen molar-refractivity contribution in [3.8, 4) is 0 Å². The molecule has 0 saturated carbocycles. The van der Waals surface area contributed by atoms with Gasteiger partial charge in [-0.1, -0.05) is 18.3 Å². The molecule has 84 valence electrons. The van der Waals surface area contributed by atoms with Crippen molar-refractivity contribution < 1.29 is 14.6 Å². The van der Waals surface area contributed by atoms with Crippen LogP contribution >= 0.6 is 11.3 Å². The van der Waals surface area contributed by atoms with E-state index in [0.29, 0.717) is 5.13 Å². The third-order valence-corrected chi connectivity index (χ3v) is 2.75. The highest BCUT2D eigenvalue weighted by Crippen LogP contribution is 2.22. The number of rotatable bonds is 3. The van der Waals surface area contributed by atoms with Crippen LogP contribution < -0.4 is 0 Å². The molecule has 0 aromatic carbocycles. The first-order valence-electron chi connectivity index (χ1n) is 4.54. The maximum absolute atomic E-state index is 11.0.